The predicted molar refractivity (Wildman–Crippen MR) is 97.1 cm³/mol. The molecule has 2 atom stereocenters. The van der Waals surface area contributed by atoms with Gasteiger partial charge in [0.15, 0.2) is 17.3 Å². The van der Waals surface area contributed by atoms with Gasteiger partial charge >= 0.3 is 0 Å². The Morgan fingerprint density at radius 1 is 1.08 bits per heavy atom. The Bertz CT molecular complexity index is 966. The fourth-order valence-electron chi connectivity index (χ4n) is 2.67. The van der Waals surface area contributed by atoms with Gasteiger partial charge in [-0.3, -0.25) is 0 Å². The largest absolute Gasteiger partial charge is 0.483 e. The summed E-state index contributed by atoms with van der Waals surface area (Å²) in [6.07, 6.45) is 1.33. The van der Waals surface area contributed by atoms with Crippen LogP contribution in [0, 0.1) is 5.82 Å². The van der Waals surface area contributed by atoms with Gasteiger partial charge in [0.25, 0.3) is 0 Å². The molecular weight excluding hydrogens is 389 g/mol. The highest BCUT2D eigenvalue weighted by atomic mass is 79.9. The molecule has 3 aromatic rings. The number of aromatic nitrogens is 2. The Kier molecular flexibility index (Phi) is 3.95. The molecule has 0 aliphatic carbocycles. The summed E-state index contributed by atoms with van der Waals surface area (Å²) in [5, 5.41) is 3.76. The van der Waals surface area contributed by atoms with Crippen molar-refractivity contribution in [1.82, 2.24) is 9.97 Å². The quantitative estimate of drug-likeness (QED) is 0.664. The van der Waals surface area contributed by atoms with Gasteiger partial charge in [-0.1, -0.05) is 6.07 Å². The number of rotatable bonds is 2. The molecule has 0 saturated heterocycles. The number of anilines is 2. The average Bonchev–Trinajstić information content (AvgIpc) is 2.59. The number of nitrogens with one attached hydrogen (secondary N) is 1. The van der Waals surface area contributed by atoms with Gasteiger partial charge < -0.3 is 14.8 Å². The Morgan fingerprint density at radius 2 is 1.80 bits per heavy atom. The number of nitrogens with zero attached hydrogens (tertiary/aromatic N) is 2. The van der Waals surface area contributed by atoms with Gasteiger partial charge in [-0.05, 0) is 48.0 Å². The zero-order chi connectivity index (χ0) is 17.6. The van der Waals surface area contributed by atoms with Crippen molar-refractivity contribution in [3.05, 3.63) is 46.9 Å². The first-order valence-corrected chi connectivity index (χ1v) is 8.65. The first-order valence-electron chi connectivity index (χ1n) is 7.86. The Labute approximate surface area is 152 Å². The van der Waals surface area contributed by atoms with Crippen LogP contribution in [-0.4, -0.2) is 22.2 Å². The maximum absolute atomic E-state index is 14.3. The summed E-state index contributed by atoms with van der Waals surface area (Å²) in [5.41, 5.74) is 1.02. The molecule has 1 N–H and O–H groups in total. The smallest absolute Gasteiger partial charge is 0.164 e. The van der Waals surface area contributed by atoms with E-state index in [-0.39, 0.29) is 18.0 Å². The second-order valence-electron chi connectivity index (χ2n) is 5.91. The van der Waals surface area contributed by atoms with Crippen molar-refractivity contribution < 1.29 is 13.9 Å². The predicted octanol–water partition coefficient (Wildman–Crippen LogP) is 4.82. The molecule has 0 fully saturated rings. The summed E-state index contributed by atoms with van der Waals surface area (Å²) in [7, 11) is 0. The van der Waals surface area contributed by atoms with E-state index < -0.39 is 0 Å². The van der Waals surface area contributed by atoms with Crippen LogP contribution in [0.4, 0.5) is 15.9 Å². The van der Waals surface area contributed by atoms with Crippen molar-refractivity contribution in [3.8, 4) is 11.5 Å². The fraction of sp³-hybridized carbons (Fsp3) is 0.222. The second kappa shape index (κ2) is 6.15. The molecular formula is C18H15BrFN3O2. The lowest BCUT2D eigenvalue weighted by Gasteiger charge is -2.30. The summed E-state index contributed by atoms with van der Waals surface area (Å²) in [6.45, 7) is 3.91. The Morgan fingerprint density at radius 3 is 2.56 bits per heavy atom. The van der Waals surface area contributed by atoms with Gasteiger partial charge in [-0.15, -0.1) is 0 Å². The topological polar surface area (TPSA) is 56.3 Å². The lowest BCUT2D eigenvalue weighted by molar-refractivity contribution is 0.0433. The normalized spacial score (nSPS) is 19.0. The zero-order valence-electron chi connectivity index (χ0n) is 13.6. The third-order valence-electron chi connectivity index (χ3n) is 4.19. The van der Waals surface area contributed by atoms with Crippen molar-refractivity contribution in [3.63, 3.8) is 0 Å². The fourth-order valence-corrected chi connectivity index (χ4v) is 3.03. The summed E-state index contributed by atoms with van der Waals surface area (Å²) < 4.78 is 26.4. The Balaban J connectivity index is 1.80. The van der Waals surface area contributed by atoms with Gasteiger partial charge in [0.2, 0.25) is 0 Å². The third-order valence-corrected chi connectivity index (χ3v) is 4.80. The average molecular weight is 404 g/mol. The van der Waals surface area contributed by atoms with Crippen LogP contribution >= 0.6 is 15.9 Å². The molecule has 0 bridgehead atoms. The molecule has 7 heteroatoms. The molecule has 1 aliphatic heterocycles. The minimum absolute atomic E-state index is 0.0415. The van der Waals surface area contributed by atoms with Gasteiger partial charge in [0, 0.05) is 11.5 Å². The monoisotopic (exact) mass is 403 g/mol. The first-order chi connectivity index (χ1) is 12.0. The van der Waals surface area contributed by atoms with Crippen molar-refractivity contribution in [2.75, 3.05) is 5.32 Å². The van der Waals surface area contributed by atoms with E-state index in [1.54, 1.807) is 18.2 Å². The molecule has 2 aromatic carbocycles. The number of fused-ring (bicyclic) bond motifs is 2. The van der Waals surface area contributed by atoms with E-state index in [0.717, 1.165) is 5.39 Å². The first kappa shape index (κ1) is 16.1. The summed E-state index contributed by atoms with van der Waals surface area (Å²) >= 11 is 3.19. The number of benzene rings is 2. The van der Waals surface area contributed by atoms with Gasteiger partial charge in [-0.25, -0.2) is 14.4 Å². The van der Waals surface area contributed by atoms with Crippen LogP contribution in [0.3, 0.4) is 0 Å². The minimum Gasteiger partial charge on any atom is -0.483 e. The van der Waals surface area contributed by atoms with Crippen LogP contribution in [0.15, 0.2) is 41.1 Å². The van der Waals surface area contributed by atoms with Crippen LogP contribution in [0.1, 0.15) is 13.8 Å². The van der Waals surface area contributed by atoms with Crippen LogP contribution in [-0.2, 0) is 0 Å². The van der Waals surface area contributed by atoms with Crippen LogP contribution < -0.4 is 14.8 Å². The number of ether oxygens (including phenoxy) is 2. The maximum Gasteiger partial charge on any atom is 0.164 e. The molecule has 5 nitrogen and oxygen atoms in total. The van der Waals surface area contributed by atoms with Crippen LogP contribution in [0.2, 0.25) is 0 Å². The van der Waals surface area contributed by atoms with E-state index in [4.69, 9.17) is 9.47 Å². The Hall–Kier alpha value is -2.41. The maximum atomic E-state index is 14.3. The number of halogens is 2. The third kappa shape index (κ3) is 2.89. The van der Waals surface area contributed by atoms with Gasteiger partial charge in [-0.2, -0.15) is 0 Å². The zero-order valence-corrected chi connectivity index (χ0v) is 15.2. The van der Waals surface area contributed by atoms with Gasteiger partial charge in [0.05, 0.1) is 15.7 Å². The molecule has 1 aliphatic rings. The number of hydrogen-bond acceptors (Lipinski definition) is 5. The standard InChI is InChI=1S/C18H15BrFN3O2/c1-9-10(2)25-16-7-14-11(6-15(16)24-9)18(22-8-21-14)23-13-5-3-4-12(19)17(13)20/h3-10H,1-2H3,(H,21,22,23)/t9-,10+/m0/s1. The molecule has 4 rings (SSSR count). The van der Waals surface area contributed by atoms with E-state index in [1.165, 1.54) is 6.33 Å². The van der Waals surface area contributed by atoms with Crippen molar-refractivity contribution in [2.45, 2.75) is 26.1 Å². The van der Waals surface area contributed by atoms with Gasteiger partial charge in [0.1, 0.15) is 24.4 Å². The molecule has 0 amide bonds. The van der Waals surface area contributed by atoms with E-state index in [0.29, 0.717) is 33.0 Å². The molecule has 0 saturated carbocycles. The molecule has 1 aromatic heterocycles. The van der Waals surface area contributed by atoms with E-state index in [9.17, 15) is 4.39 Å². The highest BCUT2D eigenvalue weighted by Crippen LogP contribution is 2.39. The van der Waals surface area contributed by atoms with E-state index in [1.807, 2.05) is 26.0 Å². The summed E-state index contributed by atoms with van der Waals surface area (Å²) in [6, 6.07) is 8.68. The summed E-state index contributed by atoms with van der Waals surface area (Å²) in [4.78, 5) is 8.54. The second-order valence-corrected chi connectivity index (χ2v) is 6.77. The lowest BCUT2D eigenvalue weighted by Crippen LogP contribution is -2.34. The van der Waals surface area contributed by atoms with Crippen LogP contribution in [0.25, 0.3) is 10.9 Å². The van der Waals surface area contributed by atoms with E-state index in [2.05, 4.69) is 31.2 Å². The molecule has 2 heterocycles. The lowest BCUT2D eigenvalue weighted by atomic mass is 10.1. The van der Waals surface area contributed by atoms with E-state index >= 15 is 0 Å². The molecule has 25 heavy (non-hydrogen) atoms. The van der Waals surface area contributed by atoms with Crippen LogP contribution in [0.5, 0.6) is 11.5 Å². The molecule has 0 spiro atoms. The summed E-state index contributed by atoms with van der Waals surface area (Å²) in [5.74, 6) is 1.40. The van der Waals surface area contributed by atoms with Crippen molar-refractivity contribution in [2.24, 2.45) is 0 Å². The highest BCUT2D eigenvalue weighted by Gasteiger charge is 2.25. The minimum atomic E-state index is -0.380. The molecule has 128 valence electrons. The van der Waals surface area contributed by atoms with Crippen molar-refractivity contribution in [1.29, 1.82) is 0 Å². The molecule has 0 radical (unpaired) electrons. The van der Waals surface area contributed by atoms with Crippen molar-refractivity contribution >= 4 is 38.3 Å². The number of hydrogen-bond donors (Lipinski definition) is 1. The SMILES string of the molecule is C[C@@H]1Oc2cc3c(Nc4cccc(Br)c4F)ncnc3cc2O[C@@H]1C. The molecule has 0 unspecified atom stereocenters. The highest BCUT2D eigenvalue weighted by molar-refractivity contribution is 9.10.